The SMILES string of the molecule is CC#Cc1cnc(=O)n([C@H]2C[C@H](OC(=O)c3ccc(Cl)cc3)[C@@H](COC(=O)c3ccc(Cl)cc3)O2)c1. The molecule has 0 amide bonds. The van der Waals surface area contributed by atoms with Crippen molar-refractivity contribution in [3.8, 4) is 11.8 Å². The van der Waals surface area contributed by atoms with E-state index in [4.69, 9.17) is 37.4 Å². The monoisotopic (exact) mass is 526 g/mol. The fraction of sp³-hybridized carbons (Fsp3) is 0.231. The molecule has 1 saturated heterocycles. The van der Waals surface area contributed by atoms with Crippen LogP contribution < -0.4 is 5.69 Å². The van der Waals surface area contributed by atoms with Crippen molar-refractivity contribution >= 4 is 35.1 Å². The lowest BCUT2D eigenvalue weighted by Gasteiger charge is -2.19. The van der Waals surface area contributed by atoms with Gasteiger partial charge in [-0.15, -0.1) is 5.92 Å². The molecule has 0 radical (unpaired) electrons. The molecule has 8 nitrogen and oxygen atoms in total. The second kappa shape index (κ2) is 11.4. The Morgan fingerprint density at radius 2 is 1.67 bits per heavy atom. The third-order valence-corrected chi connectivity index (χ3v) is 5.87. The molecule has 2 heterocycles. The molecule has 3 atom stereocenters. The van der Waals surface area contributed by atoms with Crippen molar-refractivity contribution < 1.29 is 23.8 Å². The Labute approximate surface area is 216 Å². The topological polar surface area (TPSA) is 96.7 Å². The maximum absolute atomic E-state index is 12.8. The van der Waals surface area contributed by atoms with E-state index in [1.807, 2.05) is 0 Å². The number of hydrogen-bond acceptors (Lipinski definition) is 7. The lowest BCUT2D eigenvalue weighted by atomic mass is 10.1. The summed E-state index contributed by atoms with van der Waals surface area (Å²) in [7, 11) is 0. The summed E-state index contributed by atoms with van der Waals surface area (Å²) in [6.45, 7) is 1.45. The summed E-state index contributed by atoms with van der Waals surface area (Å²) in [5, 5.41) is 0.960. The zero-order valence-electron chi connectivity index (χ0n) is 19.0. The minimum Gasteiger partial charge on any atom is -0.459 e. The highest BCUT2D eigenvalue weighted by molar-refractivity contribution is 6.31. The fourth-order valence-corrected chi connectivity index (χ4v) is 3.86. The second-order valence-electron chi connectivity index (χ2n) is 7.83. The molecule has 4 rings (SSSR count). The van der Waals surface area contributed by atoms with Crippen LogP contribution in [0.3, 0.4) is 0 Å². The van der Waals surface area contributed by atoms with Gasteiger partial charge in [0.05, 0.1) is 16.7 Å². The molecule has 1 aliphatic heterocycles. The minimum absolute atomic E-state index is 0.132. The zero-order chi connectivity index (χ0) is 25.7. The van der Waals surface area contributed by atoms with Crippen LogP contribution in [0, 0.1) is 11.8 Å². The summed E-state index contributed by atoms with van der Waals surface area (Å²) in [5.74, 6) is 4.38. The van der Waals surface area contributed by atoms with Gasteiger partial charge >= 0.3 is 17.6 Å². The number of carbonyl (C=O) groups excluding carboxylic acids is 2. The molecule has 0 unspecified atom stereocenters. The lowest BCUT2D eigenvalue weighted by Crippen LogP contribution is -2.32. The van der Waals surface area contributed by atoms with Crippen molar-refractivity contribution in [3.05, 3.63) is 98.1 Å². The standard InChI is InChI=1S/C26H20Cl2N2O6/c1-2-3-16-13-29-26(33)30(14-16)23-12-21(36-25(32)18-6-10-20(28)11-7-18)22(35-23)15-34-24(31)17-4-8-19(27)9-5-17/h4-11,13-14,21-23H,12,15H2,1H3/t21-,22+,23+/m0/s1. The molecule has 10 heteroatoms. The highest BCUT2D eigenvalue weighted by Crippen LogP contribution is 2.31. The smallest absolute Gasteiger partial charge is 0.349 e. The number of carbonyl (C=O) groups is 2. The Kier molecular flexibility index (Phi) is 8.06. The Morgan fingerprint density at radius 3 is 2.28 bits per heavy atom. The summed E-state index contributed by atoms with van der Waals surface area (Å²) in [4.78, 5) is 41.5. The van der Waals surface area contributed by atoms with Crippen LogP contribution in [0.1, 0.15) is 45.9 Å². The molecule has 2 aromatic carbocycles. The Hall–Kier alpha value is -3.64. The Balaban J connectivity index is 1.54. The number of nitrogens with zero attached hydrogens (tertiary/aromatic N) is 2. The van der Waals surface area contributed by atoms with Crippen LogP contribution in [0.5, 0.6) is 0 Å². The molecule has 36 heavy (non-hydrogen) atoms. The second-order valence-corrected chi connectivity index (χ2v) is 8.70. The van der Waals surface area contributed by atoms with Gasteiger partial charge in [-0.3, -0.25) is 4.57 Å². The molecule has 0 aliphatic carbocycles. The highest BCUT2D eigenvalue weighted by atomic mass is 35.5. The van der Waals surface area contributed by atoms with Crippen LogP contribution in [-0.4, -0.2) is 40.3 Å². The number of aromatic nitrogens is 2. The van der Waals surface area contributed by atoms with E-state index in [0.717, 1.165) is 0 Å². The van der Waals surface area contributed by atoms with E-state index < -0.39 is 36.1 Å². The van der Waals surface area contributed by atoms with Crippen molar-refractivity contribution in [1.82, 2.24) is 9.55 Å². The summed E-state index contributed by atoms with van der Waals surface area (Å²) in [6.07, 6.45) is 0.558. The largest absolute Gasteiger partial charge is 0.459 e. The van der Waals surface area contributed by atoms with Crippen molar-refractivity contribution in [2.24, 2.45) is 0 Å². The molecule has 1 aromatic heterocycles. The van der Waals surface area contributed by atoms with E-state index in [1.165, 1.54) is 41.2 Å². The molecule has 1 aliphatic rings. The predicted octanol–water partition coefficient (Wildman–Crippen LogP) is 4.29. The van der Waals surface area contributed by atoms with Gasteiger partial charge in [0.2, 0.25) is 0 Å². The van der Waals surface area contributed by atoms with Gasteiger partial charge in [-0.1, -0.05) is 29.1 Å². The van der Waals surface area contributed by atoms with Gasteiger partial charge in [0.1, 0.15) is 25.0 Å². The molecule has 0 bridgehead atoms. The summed E-state index contributed by atoms with van der Waals surface area (Å²) in [5.41, 5.74) is 0.560. The highest BCUT2D eigenvalue weighted by Gasteiger charge is 2.40. The van der Waals surface area contributed by atoms with Crippen molar-refractivity contribution in [2.75, 3.05) is 6.61 Å². The number of halogens is 2. The molecule has 0 N–H and O–H groups in total. The van der Waals surface area contributed by atoms with Crippen LogP contribution in [0.25, 0.3) is 0 Å². The molecule has 3 aromatic rings. The van der Waals surface area contributed by atoms with Gasteiger partial charge in [-0.25, -0.2) is 19.4 Å². The first-order chi connectivity index (χ1) is 17.3. The third-order valence-electron chi connectivity index (χ3n) is 5.37. The van der Waals surface area contributed by atoms with Crippen LogP contribution in [0.2, 0.25) is 10.0 Å². The van der Waals surface area contributed by atoms with Crippen molar-refractivity contribution in [1.29, 1.82) is 0 Å². The van der Waals surface area contributed by atoms with E-state index in [9.17, 15) is 14.4 Å². The maximum Gasteiger partial charge on any atom is 0.349 e. The first-order valence-corrected chi connectivity index (χ1v) is 11.7. The molecular weight excluding hydrogens is 507 g/mol. The number of benzene rings is 2. The minimum atomic E-state index is -0.838. The van der Waals surface area contributed by atoms with Crippen LogP contribution in [0.15, 0.2) is 65.7 Å². The van der Waals surface area contributed by atoms with Gasteiger partial charge < -0.3 is 14.2 Å². The van der Waals surface area contributed by atoms with E-state index in [1.54, 1.807) is 31.2 Å². The Bertz CT molecular complexity index is 1380. The molecular formula is C26H20Cl2N2O6. The molecule has 0 saturated carbocycles. The summed E-state index contributed by atoms with van der Waals surface area (Å²) in [6, 6.07) is 12.4. The summed E-state index contributed by atoms with van der Waals surface area (Å²) < 4.78 is 18.4. The number of rotatable bonds is 6. The molecule has 0 spiro atoms. The van der Waals surface area contributed by atoms with Crippen LogP contribution in [-0.2, 0) is 14.2 Å². The molecule has 184 valence electrons. The number of hydrogen-bond donors (Lipinski definition) is 0. The van der Waals surface area contributed by atoms with Crippen molar-refractivity contribution in [3.63, 3.8) is 0 Å². The quantitative estimate of drug-likeness (QED) is 0.349. The predicted molar refractivity (Wildman–Crippen MR) is 132 cm³/mol. The van der Waals surface area contributed by atoms with Gasteiger partial charge in [-0.05, 0) is 55.5 Å². The van der Waals surface area contributed by atoms with E-state index in [-0.39, 0.29) is 13.0 Å². The van der Waals surface area contributed by atoms with Gasteiger partial charge in [0.15, 0.2) is 0 Å². The first kappa shape index (κ1) is 25.5. The fourth-order valence-electron chi connectivity index (χ4n) is 3.61. The third kappa shape index (κ3) is 6.13. The maximum atomic E-state index is 12.8. The normalized spacial score (nSPS) is 18.7. The molecule has 1 fully saturated rings. The zero-order valence-corrected chi connectivity index (χ0v) is 20.5. The van der Waals surface area contributed by atoms with E-state index in [0.29, 0.717) is 26.7 Å². The van der Waals surface area contributed by atoms with E-state index in [2.05, 4.69) is 16.8 Å². The first-order valence-electron chi connectivity index (χ1n) is 10.9. The average molecular weight is 527 g/mol. The average Bonchev–Trinajstić information content (AvgIpc) is 3.26. The van der Waals surface area contributed by atoms with E-state index >= 15 is 0 Å². The Morgan fingerprint density at radius 1 is 1.06 bits per heavy atom. The number of ether oxygens (including phenoxy) is 3. The van der Waals surface area contributed by atoms with Crippen LogP contribution in [0.4, 0.5) is 0 Å². The summed E-state index contributed by atoms with van der Waals surface area (Å²) >= 11 is 11.8. The van der Waals surface area contributed by atoms with Gasteiger partial charge in [0.25, 0.3) is 0 Å². The van der Waals surface area contributed by atoms with Gasteiger partial charge in [0, 0.05) is 28.9 Å². The van der Waals surface area contributed by atoms with Crippen molar-refractivity contribution in [2.45, 2.75) is 31.8 Å². The van der Waals surface area contributed by atoms with Crippen LogP contribution >= 0.6 is 23.2 Å². The number of esters is 2. The van der Waals surface area contributed by atoms with Gasteiger partial charge in [-0.2, -0.15) is 0 Å². The lowest BCUT2D eigenvalue weighted by molar-refractivity contribution is -0.0582.